The number of carbonyl (C=O) groups excluding carboxylic acids is 2. The monoisotopic (exact) mass is 311 g/mol. The topological polar surface area (TPSA) is 61.4 Å². The van der Waals surface area contributed by atoms with Crippen LogP contribution in [0.15, 0.2) is 24.3 Å². The van der Waals surface area contributed by atoms with E-state index in [0.29, 0.717) is 11.3 Å². The molecule has 0 bridgehead atoms. The van der Waals surface area contributed by atoms with Gasteiger partial charge in [-0.2, -0.15) is 0 Å². The number of para-hydroxylation sites is 1. The number of benzene rings is 1. The number of nitrogens with zero attached hydrogens (tertiary/aromatic N) is 1. The third kappa shape index (κ3) is 4.44. The predicted octanol–water partition coefficient (Wildman–Crippen LogP) is 1.75. The molecule has 0 aromatic heterocycles. The van der Waals surface area contributed by atoms with Crippen LogP contribution in [0.25, 0.3) is 0 Å². The molecule has 116 valence electrons. The number of carbonyl (C=O) groups is 2. The van der Waals surface area contributed by atoms with E-state index in [1.807, 2.05) is 6.07 Å². The van der Waals surface area contributed by atoms with Crippen molar-refractivity contribution < 1.29 is 9.59 Å². The number of nitrogens with one attached hydrogen (secondary N) is 2. The van der Waals surface area contributed by atoms with Crippen molar-refractivity contribution in [3.8, 4) is 0 Å². The number of piperidine rings is 1. The zero-order valence-corrected chi connectivity index (χ0v) is 13.2. The zero-order chi connectivity index (χ0) is 14.5. The molecular weight excluding hydrogens is 290 g/mol. The highest BCUT2D eigenvalue weighted by Crippen LogP contribution is 2.20. The summed E-state index contributed by atoms with van der Waals surface area (Å²) in [7, 11) is 3.40. The molecule has 0 radical (unpaired) electrons. The summed E-state index contributed by atoms with van der Waals surface area (Å²) in [4.78, 5) is 25.8. The van der Waals surface area contributed by atoms with Crippen LogP contribution in [0.3, 0.4) is 0 Å². The summed E-state index contributed by atoms with van der Waals surface area (Å²) < 4.78 is 0. The molecule has 2 rings (SSSR count). The highest BCUT2D eigenvalue weighted by Gasteiger charge is 2.22. The average Bonchev–Trinajstić information content (AvgIpc) is 2.48. The largest absolute Gasteiger partial charge is 0.345 e. The number of halogens is 1. The SMILES string of the molecule is CN(C)C(=O)c1ccccc1NC(=O)C1CCNCC1.Cl. The first-order valence-electron chi connectivity index (χ1n) is 6.92. The Kier molecular flexibility index (Phi) is 6.65. The van der Waals surface area contributed by atoms with Crippen LogP contribution < -0.4 is 10.6 Å². The Bertz CT molecular complexity index is 499. The molecule has 1 fully saturated rings. The van der Waals surface area contributed by atoms with Gasteiger partial charge in [-0.05, 0) is 38.1 Å². The molecule has 0 aliphatic carbocycles. The van der Waals surface area contributed by atoms with E-state index in [4.69, 9.17) is 0 Å². The van der Waals surface area contributed by atoms with Gasteiger partial charge in [0, 0.05) is 20.0 Å². The maximum absolute atomic E-state index is 12.2. The fraction of sp³-hybridized carbons (Fsp3) is 0.467. The molecule has 5 nitrogen and oxygen atoms in total. The summed E-state index contributed by atoms with van der Waals surface area (Å²) in [5, 5.41) is 6.14. The van der Waals surface area contributed by atoms with Crippen molar-refractivity contribution in [3.05, 3.63) is 29.8 Å². The first-order valence-corrected chi connectivity index (χ1v) is 6.92. The Morgan fingerprint density at radius 2 is 1.81 bits per heavy atom. The summed E-state index contributed by atoms with van der Waals surface area (Å²) in [6.07, 6.45) is 1.69. The first kappa shape index (κ1) is 17.5. The van der Waals surface area contributed by atoms with Gasteiger partial charge in [-0.1, -0.05) is 12.1 Å². The highest BCUT2D eigenvalue weighted by atomic mass is 35.5. The van der Waals surface area contributed by atoms with Crippen molar-refractivity contribution in [1.29, 1.82) is 0 Å². The molecule has 1 aromatic rings. The third-order valence-electron chi connectivity index (χ3n) is 3.53. The van der Waals surface area contributed by atoms with Gasteiger partial charge in [0.25, 0.3) is 5.91 Å². The molecule has 21 heavy (non-hydrogen) atoms. The average molecular weight is 312 g/mol. The number of amides is 2. The summed E-state index contributed by atoms with van der Waals surface area (Å²) in [5.74, 6) is -0.0736. The quantitative estimate of drug-likeness (QED) is 0.894. The molecule has 1 heterocycles. The fourth-order valence-electron chi connectivity index (χ4n) is 2.34. The van der Waals surface area contributed by atoms with E-state index in [2.05, 4.69) is 10.6 Å². The van der Waals surface area contributed by atoms with Crippen LogP contribution in [0.5, 0.6) is 0 Å². The second kappa shape index (κ2) is 8.00. The summed E-state index contributed by atoms with van der Waals surface area (Å²) in [6.45, 7) is 1.74. The van der Waals surface area contributed by atoms with Crippen LogP contribution in [0.2, 0.25) is 0 Å². The highest BCUT2D eigenvalue weighted by molar-refractivity contribution is 6.04. The van der Waals surface area contributed by atoms with Gasteiger partial charge in [-0.25, -0.2) is 0 Å². The molecule has 6 heteroatoms. The van der Waals surface area contributed by atoms with E-state index in [1.54, 1.807) is 32.3 Å². The van der Waals surface area contributed by atoms with Gasteiger partial charge >= 0.3 is 0 Å². The molecule has 2 amide bonds. The zero-order valence-electron chi connectivity index (χ0n) is 12.4. The van der Waals surface area contributed by atoms with Gasteiger partial charge in [0.1, 0.15) is 0 Å². The van der Waals surface area contributed by atoms with E-state index in [-0.39, 0.29) is 30.1 Å². The minimum Gasteiger partial charge on any atom is -0.345 e. The number of hydrogen-bond acceptors (Lipinski definition) is 3. The predicted molar refractivity (Wildman–Crippen MR) is 85.9 cm³/mol. The second-order valence-corrected chi connectivity index (χ2v) is 5.26. The normalized spacial score (nSPS) is 15.0. The Morgan fingerprint density at radius 3 is 2.43 bits per heavy atom. The van der Waals surface area contributed by atoms with Gasteiger partial charge in [0.05, 0.1) is 11.3 Å². The molecule has 0 saturated carbocycles. The summed E-state index contributed by atoms with van der Waals surface area (Å²) in [6, 6.07) is 7.14. The lowest BCUT2D eigenvalue weighted by Crippen LogP contribution is -2.35. The number of hydrogen-bond donors (Lipinski definition) is 2. The van der Waals surface area contributed by atoms with Gasteiger partial charge in [-0.3, -0.25) is 9.59 Å². The minimum atomic E-state index is -0.105. The van der Waals surface area contributed by atoms with Crippen molar-refractivity contribution >= 4 is 29.9 Å². The lowest BCUT2D eigenvalue weighted by atomic mass is 9.97. The number of anilines is 1. The van der Waals surface area contributed by atoms with Gasteiger partial charge in [0.2, 0.25) is 5.91 Å². The van der Waals surface area contributed by atoms with Crippen LogP contribution in [0.4, 0.5) is 5.69 Å². The summed E-state index contributed by atoms with van der Waals surface area (Å²) in [5.41, 5.74) is 1.12. The molecule has 0 unspecified atom stereocenters. The van der Waals surface area contributed by atoms with Crippen molar-refractivity contribution in [1.82, 2.24) is 10.2 Å². The van der Waals surface area contributed by atoms with Crippen molar-refractivity contribution in [2.75, 3.05) is 32.5 Å². The molecule has 1 aromatic carbocycles. The molecule has 2 N–H and O–H groups in total. The van der Waals surface area contributed by atoms with Crippen LogP contribution >= 0.6 is 12.4 Å². The van der Waals surface area contributed by atoms with Crippen LogP contribution in [0.1, 0.15) is 23.2 Å². The van der Waals surface area contributed by atoms with Gasteiger partial charge in [0.15, 0.2) is 0 Å². The van der Waals surface area contributed by atoms with E-state index in [1.165, 1.54) is 4.90 Å². The Morgan fingerprint density at radius 1 is 1.19 bits per heavy atom. The Labute approximate surface area is 131 Å². The maximum Gasteiger partial charge on any atom is 0.255 e. The van der Waals surface area contributed by atoms with E-state index >= 15 is 0 Å². The number of rotatable bonds is 3. The lowest BCUT2D eigenvalue weighted by Gasteiger charge is -2.22. The molecule has 1 aliphatic heterocycles. The lowest BCUT2D eigenvalue weighted by molar-refractivity contribution is -0.120. The molecule has 0 atom stereocenters. The minimum absolute atomic E-state index is 0. The standard InChI is InChI=1S/C15H21N3O2.ClH/c1-18(2)15(20)12-5-3-4-6-13(12)17-14(19)11-7-9-16-10-8-11;/h3-6,11,16H,7-10H2,1-2H3,(H,17,19);1H. The fourth-order valence-corrected chi connectivity index (χ4v) is 2.34. The maximum atomic E-state index is 12.2. The van der Waals surface area contributed by atoms with Gasteiger partial charge < -0.3 is 15.5 Å². The van der Waals surface area contributed by atoms with E-state index in [9.17, 15) is 9.59 Å². The van der Waals surface area contributed by atoms with Crippen LogP contribution in [-0.4, -0.2) is 43.9 Å². The van der Waals surface area contributed by atoms with Crippen LogP contribution in [-0.2, 0) is 4.79 Å². The molecular formula is C15H22ClN3O2. The van der Waals surface area contributed by atoms with Crippen LogP contribution in [0, 0.1) is 5.92 Å². The van der Waals surface area contributed by atoms with Crippen molar-refractivity contribution in [2.45, 2.75) is 12.8 Å². The van der Waals surface area contributed by atoms with Gasteiger partial charge in [-0.15, -0.1) is 12.4 Å². The molecule has 1 aliphatic rings. The van der Waals surface area contributed by atoms with E-state index in [0.717, 1.165) is 25.9 Å². The Hall–Kier alpha value is -1.59. The second-order valence-electron chi connectivity index (χ2n) is 5.26. The smallest absolute Gasteiger partial charge is 0.255 e. The first-order chi connectivity index (χ1) is 9.59. The van der Waals surface area contributed by atoms with Crippen molar-refractivity contribution in [2.24, 2.45) is 5.92 Å². The molecule has 1 saturated heterocycles. The summed E-state index contributed by atoms with van der Waals surface area (Å²) >= 11 is 0. The Balaban J connectivity index is 0.00000220. The third-order valence-corrected chi connectivity index (χ3v) is 3.53. The molecule has 0 spiro atoms. The van der Waals surface area contributed by atoms with E-state index < -0.39 is 0 Å². The van der Waals surface area contributed by atoms with Crippen molar-refractivity contribution in [3.63, 3.8) is 0 Å².